The van der Waals surface area contributed by atoms with Crippen LogP contribution in [0, 0.1) is 11.3 Å². The van der Waals surface area contributed by atoms with Gasteiger partial charge in [0.15, 0.2) is 0 Å². The molecule has 0 aliphatic carbocycles. The Morgan fingerprint density at radius 2 is 1.94 bits per heavy atom. The molecular weight excluding hydrogens is 239 g/mol. The number of carboxylic acid groups (broad SMARTS) is 1. The summed E-state index contributed by atoms with van der Waals surface area (Å²) in [5.74, 6) is -1.85. The number of halogens is 3. The third kappa shape index (κ3) is 3.32. The summed E-state index contributed by atoms with van der Waals surface area (Å²) in [4.78, 5) is 8.90. The van der Waals surface area contributed by atoms with E-state index < -0.39 is 12.1 Å². The van der Waals surface area contributed by atoms with Crippen molar-refractivity contribution in [1.29, 1.82) is 0 Å². The predicted molar refractivity (Wildman–Crippen MR) is 53.6 cm³/mol. The van der Waals surface area contributed by atoms with E-state index in [-0.39, 0.29) is 0 Å². The van der Waals surface area contributed by atoms with E-state index in [1.807, 2.05) is 0 Å². The molecule has 0 atom stereocenters. The van der Waals surface area contributed by atoms with Gasteiger partial charge in [-0.15, -0.1) is 0 Å². The Bertz CT molecular complexity index is 267. The SMILES string of the molecule is CCC1(C2CNC2)COC1.O=C(O)C(F)(F)F. The molecule has 0 aromatic carbocycles. The van der Waals surface area contributed by atoms with Crippen LogP contribution in [0.2, 0.25) is 0 Å². The number of nitrogens with one attached hydrogen (secondary N) is 1. The Morgan fingerprint density at radius 3 is 2.00 bits per heavy atom. The molecule has 0 unspecified atom stereocenters. The van der Waals surface area contributed by atoms with Crippen molar-refractivity contribution in [2.45, 2.75) is 19.5 Å². The molecule has 7 heteroatoms. The number of hydrogen-bond donors (Lipinski definition) is 2. The van der Waals surface area contributed by atoms with E-state index in [0.29, 0.717) is 5.41 Å². The van der Waals surface area contributed by atoms with Gasteiger partial charge in [-0.25, -0.2) is 4.79 Å². The third-order valence-electron chi connectivity index (χ3n) is 3.37. The normalized spacial score (nSPS) is 22.8. The summed E-state index contributed by atoms with van der Waals surface area (Å²) in [6.45, 7) is 6.74. The maximum absolute atomic E-state index is 10.6. The van der Waals surface area contributed by atoms with E-state index >= 15 is 0 Å². The minimum absolute atomic E-state index is 0.575. The lowest BCUT2D eigenvalue weighted by molar-refractivity contribution is -0.192. The molecule has 2 rings (SSSR count). The van der Waals surface area contributed by atoms with Crippen LogP contribution in [0.1, 0.15) is 13.3 Å². The van der Waals surface area contributed by atoms with E-state index in [4.69, 9.17) is 14.6 Å². The van der Waals surface area contributed by atoms with Gasteiger partial charge in [-0.1, -0.05) is 6.92 Å². The summed E-state index contributed by atoms with van der Waals surface area (Å²) in [6.07, 6.45) is -3.79. The fourth-order valence-corrected chi connectivity index (χ4v) is 1.81. The molecule has 17 heavy (non-hydrogen) atoms. The maximum atomic E-state index is 10.6. The zero-order valence-corrected chi connectivity index (χ0v) is 9.51. The van der Waals surface area contributed by atoms with Crippen molar-refractivity contribution >= 4 is 5.97 Å². The van der Waals surface area contributed by atoms with Gasteiger partial charge in [0.1, 0.15) is 0 Å². The second-order valence-corrected chi connectivity index (χ2v) is 4.37. The van der Waals surface area contributed by atoms with E-state index in [2.05, 4.69) is 12.2 Å². The first-order valence-electron chi connectivity index (χ1n) is 5.40. The zero-order valence-electron chi connectivity index (χ0n) is 9.51. The zero-order chi connectivity index (χ0) is 13.1. The van der Waals surface area contributed by atoms with Crippen LogP contribution < -0.4 is 5.32 Å². The van der Waals surface area contributed by atoms with Gasteiger partial charge in [0, 0.05) is 5.41 Å². The average Bonchev–Trinajstić information content (AvgIpc) is 2.07. The van der Waals surface area contributed by atoms with Gasteiger partial charge in [0.2, 0.25) is 0 Å². The molecule has 0 spiro atoms. The second kappa shape index (κ2) is 5.22. The van der Waals surface area contributed by atoms with Gasteiger partial charge in [-0.05, 0) is 25.4 Å². The summed E-state index contributed by atoms with van der Waals surface area (Å²) >= 11 is 0. The van der Waals surface area contributed by atoms with Crippen LogP contribution in [0.25, 0.3) is 0 Å². The van der Waals surface area contributed by atoms with Gasteiger partial charge in [0.05, 0.1) is 13.2 Å². The molecule has 2 fully saturated rings. The number of carbonyl (C=O) groups is 1. The Labute approximate surface area is 97.1 Å². The molecule has 0 aromatic rings. The van der Waals surface area contributed by atoms with Crippen molar-refractivity contribution in [2.75, 3.05) is 26.3 Å². The van der Waals surface area contributed by atoms with E-state index in [1.54, 1.807) is 0 Å². The van der Waals surface area contributed by atoms with Crippen LogP contribution in [-0.2, 0) is 9.53 Å². The van der Waals surface area contributed by atoms with Crippen molar-refractivity contribution in [3.8, 4) is 0 Å². The minimum atomic E-state index is -5.08. The van der Waals surface area contributed by atoms with Crippen molar-refractivity contribution < 1.29 is 27.8 Å². The van der Waals surface area contributed by atoms with Crippen molar-refractivity contribution in [2.24, 2.45) is 11.3 Å². The summed E-state index contributed by atoms with van der Waals surface area (Å²) in [5.41, 5.74) is 0.575. The first kappa shape index (κ1) is 14.2. The minimum Gasteiger partial charge on any atom is -0.475 e. The number of carboxylic acids is 1. The molecule has 0 bridgehead atoms. The van der Waals surface area contributed by atoms with Gasteiger partial charge in [0.25, 0.3) is 0 Å². The molecule has 0 aromatic heterocycles. The second-order valence-electron chi connectivity index (χ2n) is 4.37. The van der Waals surface area contributed by atoms with Crippen LogP contribution in [0.3, 0.4) is 0 Å². The van der Waals surface area contributed by atoms with Crippen molar-refractivity contribution in [3.05, 3.63) is 0 Å². The number of aliphatic carboxylic acids is 1. The molecule has 2 heterocycles. The summed E-state index contributed by atoms with van der Waals surface area (Å²) < 4.78 is 37.0. The fraction of sp³-hybridized carbons (Fsp3) is 0.900. The van der Waals surface area contributed by atoms with E-state index in [0.717, 1.165) is 19.1 Å². The molecule has 0 radical (unpaired) electrons. The molecule has 0 amide bonds. The fourth-order valence-electron chi connectivity index (χ4n) is 1.81. The lowest BCUT2D eigenvalue weighted by atomic mass is 9.69. The van der Waals surface area contributed by atoms with Crippen LogP contribution in [-0.4, -0.2) is 43.6 Å². The topological polar surface area (TPSA) is 58.6 Å². The van der Waals surface area contributed by atoms with Gasteiger partial charge in [-0.2, -0.15) is 13.2 Å². The van der Waals surface area contributed by atoms with Gasteiger partial charge >= 0.3 is 12.1 Å². The smallest absolute Gasteiger partial charge is 0.475 e. The van der Waals surface area contributed by atoms with Crippen molar-refractivity contribution in [1.82, 2.24) is 5.32 Å². The highest BCUT2D eigenvalue weighted by molar-refractivity contribution is 5.73. The Hall–Kier alpha value is -0.820. The molecular formula is C10H16F3NO3. The molecule has 2 saturated heterocycles. The van der Waals surface area contributed by atoms with Crippen LogP contribution in [0.15, 0.2) is 0 Å². The van der Waals surface area contributed by atoms with Gasteiger partial charge < -0.3 is 15.2 Å². The van der Waals surface area contributed by atoms with Gasteiger partial charge in [-0.3, -0.25) is 0 Å². The number of hydrogen-bond acceptors (Lipinski definition) is 3. The lowest BCUT2D eigenvalue weighted by Gasteiger charge is -2.50. The maximum Gasteiger partial charge on any atom is 0.490 e. The standard InChI is InChI=1S/C8H15NO.C2HF3O2/c1-2-8(5-10-6-8)7-3-9-4-7;3-2(4,5)1(6)7/h7,9H,2-6H2,1H3;(H,6,7). The molecule has 100 valence electrons. The number of ether oxygens (including phenoxy) is 1. The monoisotopic (exact) mass is 255 g/mol. The quantitative estimate of drug-likeness (QED) is 0.780. The number of rotatable bonds is 2. The first-order valence-corrected chi connectivity index (χ1v) is 5.40. The molecule has 2 aliphatic rings. The van der Waals surface area contributed by atoms with Crippen LogP contribution in [0.4, 0.5) is 13.2 Å². The Kier molecular flexibility index (Phi) is 4.37. The first-order chi connectivity index (χ1) is 7.82. The number of alkyl halides is 3. The van der Waals surface area contributed by atoms with E-state index in [1.165, 1.54) is 19.5 Å². The Balaban J connectivity index is 0.000000185. The largest absolute Gasteiger partial charge is 0.490 e. The van der Waals surface area contributed by atoms with Crippen LogP contribution in [0.5, 0.6) is 0 Å². The van der Waals surface area contributed by atoms with Crippen molar-refractivity contribution in [3.63, 3.8) is 0 Å². The highest BCUT2D eigenvalue weighted by Crippen LogP contribution is 2.40. The summed E-state index contributed by atoms with van der Waals surface area (Å²) in [5, 5.41) is 10.4. The molecule has 4 nitrogen and oxygen atoms in total. The molecule has 2 aliphatic heterocycles. The summed E-state index contributed by atoms with van der Waals surface area (Å²) in [6, 6.07) is 0. The average molecular weight is 255 g/mol. The summed E-state index contributed by atoms with van der Waals surface area (Å²) in [7, 11) is 0. The highest BCUT2D eigenvalue weighted by Gasteiger charge is 2.46. The predicted octanol–water partition coefficient (Wildman–Crippen LogP) is 1.27. The van der Waals surface area contributed by atoms with Crippen LogP contribution >= 0.6 is 0 Å². The van der Waals surface area contributed by atoms with E-state index in [9.17, 15) is 13.2 Å². The lowest BCUT2D eigenvalue weighted by Crippen LogP contribution is -2.59. The Morgan fingerprint density at radius 1 is 1.47 bits per heavy atom. The molecule has 0 saturated carbocycles. The highest BCUT2D eigenvalue weighted by atomic mass is 19.4. The third-order valence-corrected chi connectivity index (χ3v) is 3.37. The molecule has 2 N–H and O–H groups in total.